The molecular formula is C31H42BrN3O5. The molecule has 4 rings (SSSR count). The summed E-state index contributed by atoms with van der Waals surface area (Å²) < 4.78 is 6.69. The largest absolute Gasteiger partial charge is 0.396 e. The van der Waals surface area contributed by atoms with Crippen molar-refractivity contribution in [2.75, 3.05) is 31.1 Å². The summed E-state index contributed by atoms with van der Waals surface area (Å²) in [5.41, 5.74) is -0.366. The van der Waals surface area contributed by atoms with Crippen LogP contribution in [0.5, 0.6) is 0 Å². The minimum Gasteiger partial charge on any atom is -0.396 e. The highest BCUT2D eigenvalue weighted by molar-refractivity contribution is 9.09. The number of amides is 3. The molecule has 1 aromatic carbocycles. The van der Waals surface area contributed by atoms with Gasteiger partial charge >= 0.3 is 0 Å². The lowest BCUT2D eigenvalue weighted by Gasteiger charge is -2.38. The van der Waals surface area contributed by atoms with E-state index in [1.807, 2.05) is 44.2 Å². The molecule has 8 nitrogen and oxygen atoms in total. The molecule has 0 radical (unpaired) electrons. The summed E-state index contributed by atoms with van der Waals surface area (Å²) >= 11 is 3.76. The molecule has 40 heavy (non-hydrogen) atoms. The van der Waals surface area contributed by atoms with Crippen molar-refractivity contribution in [1.29, 1.82) is 0 Å². The average molecular weight is 617 g/mol. The van der Waals surface area contributed by atoms with E-state index in [0.29, 0.717) is 38.9 Å². The number of unbranched alkanes of at least 4 members (excludes halogenated alkanes) is 3. The number of aliphatic hydroxyl groups excluding tert-OH is 1. The molecular weight excluding hydrogens is 574 g/mol. The molecule has 3 aliphatic rings. The first-order valence-corrected chi connectivity index (χ1v) is 15.3. The minimum absolute atomic E-state index is 0.0978. The van der Waals surface area contributed by atoms with Gasteiger partial charge in [-0.1, -0.05) is 59.1 Å². The van der Waals surface area contributed by atoms with Crippen LogP contribution in [0.4, 0.5) is 5.69 Å². The van der Waals surface area contributed by atoms with Gasteiger partial charge in [-0.25, -0.2) is 0 Å². The van der Waals surface area contributed by atoms with Gasteiger partial charge in [0, 0.05) is 42.8 Å². The fourth-order valence-corrected chi connectivity index (χ4v) is 7.71. The summed E-state index contributed by atoms with van der Waals surface area (Å²) in [5, 5.41) is 9.16. The zero-order chi connectivity index (χ0) is 29.0. The molecule has 3 aliphatic heterocycles. The molecule has 2 bridgehead atoms. The molecule has 3 unspecified atom stereocenters. The average Bonchev–Trinajstić information content (AvgIpc) is 3.53. The molecule has 0 aromatic heterocycles. The number of carbonyl (C=O) groups is 3. The van der Waals surface area contributed by atoms with Crippen LogP contribution in [0, 0.1) is 11.8 Å². The van der Waals surface area contributed by atoms with E-state index in [1.54, 1.807) is 26.9 Å². The molecule has 9 heteroatoms. The van der Waals surface area contributed by atoms with Crippen LogP contribution in [0.2, 0.25) is 0 Å². The second kappa shape index (κ2) is 13.0. The second-order valence-electron chi connectivity index (χ2n) is 11.3. The van der Waals surface area contributed by atoms with Gasteiger partial charge in [-0.2, -0.15) is 0 Å². The third-order valence-electron chi connectivity index (χ3n) is 8.49. The lowest BCUT2D eigenvalue weighted by Crippen LogP contribution is -2.58. The van der Waals surface area contributed by atoms with E-state index in [9.17, 15) is 14.4 Å². The Bertz CT molecular complexity index is 1100. The van der Waals surface area contributed by atoms with Crippen molar-refractivity contribution in [3.63, 3.8) is 0 Å². The Labute approximate surface area is 246 Å². The summed E-state index contributed by atoms with van der Waals surface area (Å²) in [6.45, 7) is 12.8. The highest BCUT2D eigenvalue weighted by atomic mass is 79.9. The van der Waals surface area contributed by atoms with E-state index in [4.69, 9.17) is 9.84 Å². The van der Waals surface area contributed by atoms with Crippen LogP contribution < -0.4 is 4.90 Å². The van der Waals surface area contributed by atoms with Crippen LogP contribution >= 0.6 is 15.9 Å². The van der Waals surface area contributed by atoms with Gasteiger partial charge in [0.2, 0.25) is 17.7 Å². The number of rotatable bonds is 14. The Balaban J connectivity index is 1.73. The minimum atomic E-state index is -1.09. The normalized spacial score (nSPS) is 28.6. The maximum absolute atomic E-state index is 14.3. The Hall–Kier alpha value is -2.49. The first-order chi connectivity index (χ1) is 19.2. The number of hydrogen-bond acceptors (Lipinski definition) is 5. The Morgan fingerprint density at radius 3 is 2.42 bits per heavy atom. The van der Waals surface area contributed by atoms with Gasteiger partial charge in [0.1, 0.15) is 11.6 Å². The van der Waals surface area contributed by atoms with Crippen molar-refractivity contribution < 1.29 is 24.2 Å². The smallest absolute Gasteiger partial charge is 0.248 e. The van der Waals surface area contributed by atoms with E-state index < -0.39 is 29.6 Å². The van der Waals surface area contributed by atoms with E-state index in [1.165, 1.54) is 0 Å². The lowest BCUT2D eigenvalue weighted by molar-refractivity contribution is -0.149. The Morgan fingerprint density at radius 1 is 1.12 bits per heavy atom. The van der Waals surface area contributed by atoms with E-state index in [2.05, 4.69) is 29.1 Å². The number of para-hydroxylation sites is 1. The molecule has 1 spiro atoms. The quantitative estimate of drug-likeness (QED) is 0.195. The molecule has 3 amide bonds. The highest BCUT2D eigenvalue weighted by Crippen LogP contribution is 2.60. The number of anilines is 1. The standard InChI is InChI=1S/C31H42BrN3O5/c1-5-16-33(21(3)4)30(39)27-31-20-23(32)26(40-31)24(25(31)29(38)35(27)18-12-7-8-13-19-36)28(37)34(17-6-2)22-14-10-9-11-15-22/h5-6,9-11,14-15,21,23-27,36H,1-2,7-8,12-13,16-20H2,3-4H3/t23?,24-,25-,26-,27?,31?/m0/s1. The fraction of sp³-hybridized carbons (Fsp3) is 0.581. The number of alkyl halides is 1. The third kappa shape index (κ3) is 5.40. The van der Waals surface area contributed by atoms with E-state index in [-0.39, 0.29) is 35.2 Å². The van der Waals surface area contributed by atoms with Crippen LogP contribution in [0.25, 0.3) is 0 Å². The second-order valence-corrected chi connectivity index (χ2v) is 12.5. The van der Waals surface area contributed by atoms with Crippen LogP contribution in [0.15, 0.2) is 55.6 Å². The summed E-state index contributed by atoms with van der Waals surface area (Å²) in [7, 11) is 0. The summed E-state index contributed by atoms with van der Waals surface area (Å²) in [5.74, 6) is -2.02. The predicted molar refractivity (Wildman–Crippen MR) is 159 cm³/mol. The van der Waals surface area contributed by atoms with Gasteiger partial charge in [0.25, 0.3) is 0 Å². The number of ether oxygens (including phenoxy) is 1. The number of aliphatic hydroxyl groups is 1. The number of nitrogens with zero attached hydrogens (tertiary/aromatic N) is 3. The van der Waals surface area contributed by atoms with E-state index >= 15 is 0 Å². The maximum Gasteiger partial charge on any atom is 0.248 e. The van der Waals surface area contributed by atoms with Crippen LogP contribution in [0.3, 0.4) is 0 Å². The summed E-state index contributed by atoms with van der Waals surface area (Å²) in [4.78, 5) is 47.8. The zero-order valence-electron chi connectivity index (χ0n) is 23.6. The molecule has 3 heterocycles. The molecule has 1 aromatic rings. The first-order valence-electron chi connectivity index (χ1n) is 14.3. The molecule has 1 N–H and O–H groups in total. The number of hydrogen-bond donors (Lipinski definition) is 1. The van der Waals surface area contributed by atoms with E-state index in [0.717, 1.165) is 18.5 Å². The molecule has 218 valence electrons. The topological polar surface area (TPSA) is 90.4 Å². The van der Waals surface area contributed by atoms with Crippen molar-refractivity contribution >= 4 is 39.3 Å². The lowest BCUT2D eigenvalue weighted by atomic mass is 9.70. The maximum atomic E-state index is 14.3. The van der Waals surface area contributed by atoms with Gasteiger partial charge in [-0.3, -0.25) is 14.4 Å². The van der Waals surface area contributed by atoms with Gasteiger partial charge in [-0.15, -0.1) is 13.2 Å². The highest BCUT2D eigenvalue weighted by Gasteiger charge is 2.76. The number of fused-ring (bicyclic) bond motifs is 1. The first kappa shape index (κ1) is 30.5. The molecule has 3 fully saturated rings. The SMILES string of the molecule is C=CCN(C(=O)[C@H]1[C@H]2C(=O)N(CCCCCCO)C(C(=O)N(CC=C)C(C)C)C23CC(Br)[C@@H]1O3)c1ccccc1. The summed E-state index contributed by atoms with van der Waals surface area (Å²) in [6.07, 6.45) is 6.41. The molecule has 6 atom stereocenters. The van der Waals surface area contributed by atoms with Gasteiger partial charge in [-0.05, 0) is 45.2 Å². The van der Waals surface area contributed by atoms with Crippen molar-refractivity contribution in [2.45, 2.75) is 74.6 Å². The number of halogens is 1. The Morgan fingerprint density at radius 2 is 1.80 bits per heavy atom. The molecule has 0 saturated carbocycles. The zero-order valence-corrected chi connectivity index (χ0v) is 25.2. The predicted octanol–water partition coefficient (Wildman–Crippen LogP) is 3.93. The van der Waals surface area contributed by atoms with Crippen LogP contribution in [-0.4, -0.2) is 87.5 Å². The van der Waals surface area contributed by atoms with Crippen LogP contribution in [0.1, 0.15) is 46.0 Å². The van der Waals surface area contributed by atoms with Crippen molar-refractivity contribution in [3.05, 3.63) is 55.6 Å². The third-order valence-corrected chi connectivity index (χ3v) is 9.34. The molecule has 0 aliphatic carbocycles. The number of likely N-dealkylation sites (tertiary alicyclic amines) is 1. The van der Waals surface area contributed by atoms with Crippen LogP contribution in [-0.2, 0) is 19.1 Å². The van der Waals surface area contributed by atoms with Crippen molar-refractivity contribution in [3.8, 4) is 0 Å². The van der Waals surface area contributed by atoms with Gasteiger partial charge < -0.3 is 24.5 Å². The number of carbonyl (C=O) groups excluding carboxylic acids is 3. The number of benzene rings is 1. The summed E-state index contributed by atoms with van der Waals surface area (Å²) in [6, 6.07) is 8.46. The fourth-order valence-electron chi connectivity index (χ4n) is 6.77. The van der Waals surface area contributed by atoms with Crippen molar-refractivity contribution in [1.82, 2.24) is 9.80 Å². The molecule has 3 saturated heterocycles. The van der Waals surface area contributed by atoms with Gasteiger partial charge in [0.15, 0.2) is 0 Å². The van der Waals surface area contributed by atoms with Crippen molar-refractivity contribution in [2.24, 2.45) is 11.8 Å². The van der Waals surface area contributed by atoms with Gasteiger partial charge in [0.05, 0.1) is 17.9 Å². The Kier molecular flexibility index (Phi) is 9.90. The monoisotopic (exact) mass is 615 g/mol.